The Morgan fingerprint density at radius 2 is 1.52 bits per heavy atom. The summed E-state index contributed by atoms with van der Waals surface area (Å²) in [4.78, 5) is 25.0. The van der Waals surface area contributed by atoms with Crippen LogP contribution in [-0.4, -0.2) is 28.1 Å². The molecule has 1 heterocycles. The Morgan fingerprint density at radius 1 is 0.871 bits per heavy atom. The highest BCUT2D eigenvalue weighted by Gasteiger charge is 2.24. The number of fused-ring (bicyclic) bond motifs is 1. The monoisotopic (exact) mass is 412 g/mol. The van der Waals surface area contributed by atoms with Crippen molar-refractivity contribution >= 4 is 22.8 Å². The Balaban J connectivity index is 2.11. The van der Waals surface area contributed by atoms with Gasteiger partial charge in [-0.2, -0.15) is 0 Å². The Labute approximate surface area is 181 Å². The highest BCUT2D eigenvalue weighted by atomic mass is 16.4. The molecule has 0 saturated heterocycles. The van der Waals surface area contributed by atoms with Gasteiger partial charge in [0.1, 0.15) is 0 Å². The zero-order chi connectivity index (χ0) is 22.1. The van der Waals surface area contributed by atoms with Crippen molar-refractivity contribution in [1.82, 2.24) is 9.88 Å². The molecule has 0 unspecified atom stereocenters. The van der Waals surface area contributed by atoms with Crippen LogP contribution in [0.1, 0.15) is 33.3 Å². The molecule has 4 rings (SSSR count). The second-order valence-corrected chi connectivity index (χ2v) is 7.47. The average Bonchev–Trinajstić information content (AvgIpc) is 3.03. The van der Waals surface area contributed by atoms with E-state index in [0.29, 0.717) is 23.2 Å². The molecule has 3 aromatic carbocycles. The molecule has 0 spiro atoms. The molecule has 5 nitrogen and oxygen atoms in total. The number of hydrogen-bond acceptors (Lipinski definition) is 2. The van der Waals surface area contributed by atoms with Gasteiger partial charge < -0.3 is 15.0 Å². The molecule has 1 aromatic heterocycles. The molecule has 0 bridgehead atoms. The van der Waals surface area contributed by atoms with Crippen molar-refractivity contribution in [2.45, 2.75) is 13.8 Å². The zero-order valence-corrected chi connectivity index (χ0v) is 17.8. The van der Waals surface area contributed by atoms with Crippen LogP contribution in [-0.2, 0) is 7.05 Å². The van der Waals surface area contributed by atoms with Gasteiger partial charge in [0.25, 0.3) is 5.91 Å². The largest absolute Gasteiger partial charge is 0.478 e. The number of benzene rings is 3. The maximum Gasteiger partial charge on any atom is 0.336 e. The third-order valence-corrected chi connectivity index (χ3v) is 5.74. The molecular weight excluding hydrogens is 388 g/mol. The molecule has 0 radical (unpaired) electrons. The van der Waals surface area contributed by atoms with E-state index in [-0.39, 0.29) is 11.5 Å². The van der Waals surface area contributed by atoms with Crippen molar-refractivity contribution in [3.63, 3.8) is 0 Å². The number of carbonyl (C=O) groups excluding carboxylic acids is 1. The van der Waals surface area contributed by atoms with Gasteiger partial charge in [-0.25, -0.2) is 4.79 Å². The van der Waals surface area contributed by atoms with Crippen molar-refractivity contribution in [3.05, 3.63) is 83.6 Å². The lowest BCUT2D eigenvalue weighted by molar-refractivity contribution is 0.0697. The predicted octanol–water partition coefficient (Wildman–Crippen LogP) is 5.27. The SMILES string of the molecule is CCNC(=O)c1ccccc1-c1cccc(C(=O)O)c1-c1c(C)n(C)c2ccccc12. The highest BCUT2D eigenvalue weighted by molar-refractivity contribution is 6.11. The maximum atomic E-state index is 12.8. The van der Waals surface area contributed by atoms with E-state index in [4.69, 9.17) is 0 Å². The van der Waals surface area contributed by atoms with Crippen LogP contribution in [0.15, 0.2) is 66.7 Å². The Bertz CT molecular complexity index is 1320. The maximum absolute atomic E-state index is 12.8. The van der Waals surface area contributed by atoms with E-state index < -0.39 is 5.97 Å². The number of carboxylic acids is 1. The van der Waals surface area contributed by atoms with Crippen molar-refractivity contribution in [1.29, 1.82) is 0 Å². The van der Waals surface area contributed by atoms with Gasteiger partial charge >= 0.3 is 5.97 Å². The minimum absolute atomic E-state index is 0.181. The van der Waals surface area contributed by atoms with Crippen LogP contribution >= 0.6 is 0 Å². The van der Waals surface area contributed by atoms with Gasteiger partial charge in [-0.15, -0.1) is 0 Å². The lowest BCUT2D eigenvalue weighted by atomic mass is 9.87. The van der Waals surface area contributed by atoms with Gasteiger partial charge in [-0.1, -0.05) is 48.5 Å². The number of amides is 1. The van der Waals surface area contributed by atoms with Gasteiger partial charge in [0.05, 0.1) is 5.56 Å². The van der Waals surface area contributed by atoms with Crippen LogP contribution in [0, 0.1) is 6.92 Å². The number of carboxylic acid groups (broad SMARTS) is 1. The van der Waals surface area contributed by atoms with Crippen molar-refractivity contribution < 1.29 is 14.7 Å². The second kappa shape index (κ2) is 8.11. The molecule has 0 saturated carbocycles. The Hall–Kier alpha value is -3.86. The number of carbonyl (C=O) groups is 2. The topological polar surface area (TPSA) is 71.3 Å². The van der Waals surface area contributed by atoms with Gasteiger partial charge in [0.15, 0.2) is 0 Å². The van der Waals surface area contributed by atoms with Crippen LogP contribution in [0.3, 0.4) is 0 Å². The highest BCUT2D eigenvalue weighted by Crippen LogP contribution is 2.42. The molecular formula is C26H24N2O3. The van der Waals surface area contributed by atoms with Crippen molar-refractivity contribution in [2.24, 2.45) is 7.05 Å². The standard InChI is InChI=1S/C26H24N2O3/c1-4-27-25(29)19-11-6-5-10-17(19)18-13-9-14-21(26(30)31)24(18)23-16(2)28(3)22-15-8-7-12-20(22)23/h5-15H,4H2,1-3H3,(H,27,29)(H,30,31). The summed E-state index contributed by atoms with van der Waals surface area (Å²) in [5, 5.41) is 13.9. The van der Waals surface area contributed by atoms with Crippen molar-refractivity contribution in [3.8, 4) is 22.3 Å². The summed E-state index contributed by atoms with van der Waals surface area (Å²) in [5.74, 6) is -1.18. The molecule has 0 aliphatic carbocycles. The summed E-state index contributed by atoms with van der Waals surface area (Å²) in [6, 6.07) is 20.5. The van der Waals surface area contributed by atoms with Crippen molar-refractivity contribution in [2.75, 3.05) is 6.54 Å². The number of aryl methyl sites for hydroxylation is 1. The van der Waals surface area contributed by atoms with E-state index in [1.807, 2.05) is 69.4 Å². The molecule has 0 fully saturated rings. The fourth-order valence-corrected chi connectivity index (χ4v) is 4.23. The van der Waals surface area contributed by atoms with E-state index in [1.54, 1.807) is 18.2 Å². The minimum atomic E-state index is -1.00. The molecule has 2 N–H and O–H groups in total. The van der Waals surface area contributed by atoms with Gasteiger partial charge in [0, 0.05) is 46.9 Å². The molecule has 31 heavy (non-hydrogen) atoms. The molecule has 5 heteroatoms. The Kier molecular flexibility index (Phi) is 5.34. The first-order chi connectivity index (χ1) is 15.0. The molecule has 1 amide bonds. The average molecular weight is 412 g/mol. The third-order valence-electron chi connectivity index (χ3n) is 5.74. The van der Waals surface area contributed by atoms with Crippen LogP contribution in [0.5, 0.6) is 0 Å². The van der Waals surface area contributed by atoms with E-state index in [2.05, 4.69) is 9.88 Å². The normalized spacial score (nSPS) is 10.9. The summed E-state index contributed by atoms with van der Waals surface area (Å²) in [7, 11) is 1.98. The van der Waals surface area contributed by atoms with Crippen LogP contribution in [0.2, 0.25) is 0 Å². The third kappa shape index (κ3) is 3.38. The number of nitrogens with one attached hydrogen (secondary N) is 1. The number of aromatic nitrogens is 1. The molecule has 0 atom stereocenters. The summed E-state index contributed by atoms with van der Waals surface area (Å²) >= 11 is 0. The van der Waals surface area contributed by atoms with Gasteiger partial charge in [0.2, 0.25) is 0 Å². The fourth-order valence-electron chi connectivity index (χ4n) is 4.23. The summed E-state index contributed by atoms with van der Waals surface area (Å²) in [6.07, 6.45) is 0. The van der Waals surface area contributed by atoms with Crippen LogP contribution in [0.25, 0.3) is 33.2 Å². The van der Waals surface area contributed by atoms with E-state index in [0.717, 1.165) is 27.7 Å². The summed E-state index contributed by atoms with van der Waals surface area (Å²) in [5.41, 5.74) is 5.65. The Morgan fingerprint density at radius 3 is 2.26 bits per heavy atom. The summed E-state index contributed by atoms with van der Waals surface area (Å²) < 4.78 is 2.07. The number of rotatable bonds is 5. The molecule has 4 aromatic rings. The number of para-hydroxylation sites is 1. The lowest BCUT2D eigenvalue weighted by Gasteiger charge is -2.17. The molecule has 0 aliphatic heterocycles. The second-order valence-electron chi connectivity index (χ2n) is 7.47. The lowest BCUT2D eigenvalue weighted by Crippen LogP contribution is -2.23. The zero-order valence-electron chi connectivity index (χ0n) is 17.8. The molecule has 156 valence electrons. The van der Waals surface area contributed by atoms with Gasteiger partial charge in [-0.05, 0) is 43.2 Å². The first-order valence-electron chi connectivity index (χ1n) is 10.2. The van der Waals surface area contributed by atoms with E-state index >= 15 is 0 Å². The van der Waals surface area contributed by atoms with Crippen LogP contribution in [0.4, 0.5) is 0 Å². The smallest absolute Gasteiger partial charge is 0.336 e. The van der Waals surface area contributed by atoms with E-state index in [9.17, 15) is 14.7 Å². The first kappa shape index (κ1) is 20.4. The quantitative estimate of drug-likeness (QED) is 0.469. The minimum Gasteiger partial charge on any atom is -0.478 e. The number of aromatic carboxylic acids is 1. The predicted molar refractivity (Wildman–Crippen MR) is 123 cm³/mol. The first-order valence-corrected chi connectivity index (χ1v) is 10.2. The van der Waals surface area contributed by atoms with Crippen LogP contribution < -0.4 is 5.32 Å². The number of hydrogen-bond donors (Lipinski definition) is 2. The number of nitrogens with zero attached hydrogens (tertiary/aromatic N) is 1. The fraction of sp³-hybridized carbons (Fsp3) is 0.154. The summed E-state index contributed by atoms with van der Waals surface area (Å²) in [6.45, 7) is 4.38. The van der Waals surface area contributed by atoms with E-state index in [1.165, 1.54) is 0 Å². The molecule has 0 aliphatic rings. The van der Waals surface area contributed by atoms with Gasteiger partial charge in [-0.3, -0.25) is 4.79 Å².